The van der Waals surface area contributed by atoms with Gasteiger partial charge in [0.25, 0.3) is 0 Å². The van der Waals surface area contributed by atoms with Gasteiger partial charge in [-0.3, -0.25) is 0 Å². The predicted molar refractivity (Wildman–Crippen MR) is 108 cm³/mol. The predicted octanol–water partition coefficient (Wildman–Crippen LogP) is 7.82. The van der Waals surface area contributed by atoms with Crippen LogP contribution >= 0.6 is 0 Å². The Hall–Kier alpha value is -0.770. The lowest BCUT2D eigenvalue weighted by Crippen LogP contribution is -2.17. The highest BCUT2D eigenvalue weighted by atomic mass is 14.3. The van der Waals surface area contributed by atoms with Crippen molar-refractivity contribution in [1.29, 1.82) is 5.26 Å². The first-order chi connectivity index (χ1) is 12.3. The molecule has 2 rings (SSSR count). The first kappa shape index (κ1) is 20.5. The second-order valence-corrected chi connectivity index (χ2v) is 8.86. The van der Waals surface area contributed by atoms with Gasteiger partial charge in [-0.25, -0.2) is 0 Å². The summed E-state index contributed by atoms with van der Waals surface area (Å²) < 4.78 is 0. The van der Waals surface area contributed by atoms with Gasteiger partial charge in [0.1, 0.15) is 0 Å². The van der Waals surface area contributed by atoms with Gasteiger partial charge in [-0.05, 0) is 69.1 Å². The van der Waals surface area contributed by atoms with Gasteiger partial charge in [0.15, 0.2) is 0 Å². The Balaban J connectivity index is 1.48. The summed E-state index contributed by atoms with van der Waals surface area (Å²) in [6, 6.07) is 2.46. The largest absolute Gasteiger partial charge is 0.198 e. The number of allylic oxidation sites excluding steroid dienone is 2. The minimum Gasteiger partial charge on any atom is -0.198 e. The van der Waals surface area contributed by atoms with Gasteiger partial charge in [0.2, 0.25) is 0 Å². The average Bonchev–Trinajstić information content (AvgIpc) is 2.67. The summed E-state index contributed by atoms with van der Waals surface area (Å²) >= 11 is 0. The summed E-state index contributed by atoms with van der Waals surface area (Å²) in [5, 5.41) is 9.01. The van der Waals surface area contributed by atoms with Gasteiger partial charge in [-0.1, -0.05) is 70.4 Å². The second kappa shape index (κ2) is 12.6. The molecule has 1 heteroatoms. The molecule has 0 aliphatic heterocycles. The molecule has 142 valence electrons. The average molecular weight is 344 g/mol. The quantitative estimate of drug-likeness (QED) is 0.293. The van der Waals surface area contributed by atoms with Crippen molar-refractivity contribution < 1.29 is 0 Å². The van der Waals surface area contributed by atoms with E-state index in [9.17, 15) is 0 Å². The van der Waals surface area contributed by atoms with E-state index in [2.05, 4.69) is 25.1 Å². The van der Waals surface area contributed by atoms with Crippen molar-refractivity contribution in [2.24, 2.45) is 23.7 Å². The van der Waals surface area contributed by atoms with Crippen LogP contribution in [0.4, 0.5) is 0 Å². The molecule has 0 radical (unpaired) electrons. The minimum atomic E-state index is 0.368. The molecule has 0 amide bonds. The molecule has 2 aliphatic rings. The highest BCUT2D eigenvalue weighted by molar-refractivity contribution is 4.87. The summed E-state index contributed by atoms with van der Waals surface area (Å²) in [5.74, 6) is 3.31. The smallest absolute Gasteiger partial charge is 0.0655 e. The van der Waals surface area contributed by atoms with E-state index in [0.717, 1.165) is 17.8 Å². The zero-order chi connectivity index (χ0) is 17.7. The standard InChI is InChI=1S/C24H41N/c1-2-3-4-5-6-7-8-9-21-10-12-22(13-11-21)14-15-23-16-18-24(20-25)19-17-23/h6-7,21-24H,2-5,8-19H2,1H3/b7-6+/t21-,22-,23-,24-. The first-order valence-corrected chi connectivity index (χ1v) is 11.4. The van der Waals surface area contributed by atoms with Crippen LogP contribution in [0.3, 0.4) is 0 Å². The van der Waals surface area contributed by atoms with Crippen LogP contribution in [0.2, 0.25) is 0 Å². The second-order valence-electron chi connectivity index (χ2n) is 8.86. The number of nitrogens with zero attached hydrogens (tertiary/aromatic N) is 1. The molecule has 1 nitrogen and oxygen atoms in total. The Bertz CT molecular complexity index is 389. The van der Waals surface area contributed by atoms with E-state index >= 15 is 0 Å². The highest BCUT2D eigenvalue weighted by Crippen LogP contribution is 2.37. The molecule has 0 aromatic rings. The molecule has 2 saturated carbocycles. The SMILES string of the molecule is CCCCC/C=C/CC[C@H]1CC[C@H](CC[C@H]2CC[C@H](C#N)CC2)CC1. The molecule has 2 fully saturated rings. The Morgan fingerprint density at radius 1 is 0.720 bits per heavy atom. The van der Waals surface area contributed by atoms with Crippen LogP contribution in [0.1, 0.15) is 110 Å². The van der Waals surface area contributed by atoms with Crippen LogP contribution in [0.25, 0.3) is 0 Å². The number of nitriles is 1. The summed E-state index contributed by atoms with van der Waals surface area (Å²) in [5.41, 5.74) is 0. The van der Waals surface area contributed by atoms with Crippen LogP contribution in [0.15, 0.2) is 12.2 Å². The fraction of sp³-hybridized carbons (Fsp3) is 0.875. The van der Waals surface area contributed by atoms with Gasteiger partial charge in [-0.2, -0.15) is 5.26 Å². The van der Waals surface area contributed by atoms with Crippen molar-refractivity contribution in [2.75, 3.05) is 0 Å². The van der Waals surface area contributed by atoms with Gasteiger partial charge in [0, 0.05) is 5.92 Å². The maximum atomic E-state index is 9.01. The maximum absolute atomic E-state index is 9.01. The van der Waals surface area contributed by atoms with Crippen molar-refractivity contribution >= 4 is 0 Å². The highest BCUT2D eigenvalue weighted by Gasteiger charge is 2.24. The van der Waals surface area contributed by atoms with Gasteiger partial charge < -0.3 is 0 Å². The first-order valence-electron chi connectivity index (χ1n) is 11.4. The lowest BCUT2D eigenvalue weighted by Gasteiger charge is -2.30. The van der Waals surface area contributed by atoms with E-state index in [4.69, 9.17) is 5.26 Å². The molecule has 0 spiro atoms. The normalized spacial score (nSPS) is 30.4. The molecule has 0 aromatic carbocycles. The summed E-state index contributed by atoms with van der Waals surface area (Å²) in [4.78, 5) is 0. The molecule has 0 unspecified atom stereocenters. The van der Waals surface area contributed by atoms with E-state index in [1.807, 2.05) is 0 Å². The molecule has 0 N–H and O–H groups in total. The maximum Gasteiger partial charge on any atom is 0.0655 e. The molecule has 0 saturated heterocycles. The fourth-order valence-corrected chi connectivity index (χ4v) is 4.94. The molecular weight excluding hydrogens is 302 g/mol. The molecule has 0 atom stereocenters. The van der Waals surface area contributed by atoms with Crippen LogP contribution < -0.4 is 0 Å². The van der Waals surface area contributed by atoms with Gasteiger partial charge >= 0.3 is 0 Å². The number of hydrogen-bond acceptors (Lipinski definition) is 1. The fourth-order valence-electron chi connectivity index (χ4n) is 4.94. The molecule has 25 heavy (non-hydrogen) atoms. The van der Waals surface area contributed by atoms with Gasteiger partial charge in [-0.15, -0.1) is 0 Å². The van der Waals surface area contributed by atoms with E-state index in [-0.39, 0.29) is 0 Å². The zero-order valence-electron chi connectivity index (χ0n) is 16.7. The van der Waals surface area contributed by atoms with Gasteiger partial charge in [0.05, 0.1) is 6.07 Å². The third-order valence-electron chi connectivity index (χ3n) is 6.86. The number of rotatable bonds is 10. The Morgan fingerprint density at radius 3 is 1.80 bits per heavy atom. The third kappa shape index (κ3) is 8.44. The number of unbranched alkanes of at least 4 members (excludes halogenated alkanes) is 3. The van der Waals surface area contributed by atoms with Crippen molar-refractivity contribution in [1.82, 2.24) is 0 Å². The van der Waals surface area contributed by atoms with Crippen molar-refractivity contribution in [3.63, 3.8) is 0 Å². The molecular formula is C24H41N. The summed E-state index contributed by atoms with van der Waals surface area (Å²) in [7, 11) is 0. The van der Waals surface area contributed by atoms with E-state index in [0.29, 0.717) is 5.92 Å². The third-order valence-corrected chi connectivity index (χ3v) is 6.86. The zero-order valence-corrected chi connectivity index (χ0v) is 16.7. The number of hydrogen-bond donors (Lipinski definition) is 0. The monoisotopic (exact) mass is 343 g/mol. The lowest BCUT2D eigenvalue weighted by atomic mass is 9.75. The Morgan fingerprint density at radius 2 is 1.24 bits per heavy atom. The molecule has 0 heterocycles. The van der Waals surface area contributed by atoms with Crippen molar-refractivity contribution in [2.45, 2.75) is 110 Å². The van der Waals surface area contributed by atoms with E-state index in [1.165, 1.54) is 103 Å². The lowest BCUT2D eigenvalue weighted by molar-refractivity contribution is 0.223. The molecule has 0 bridgehead atoms. The van der Waals surface area contributed by atoms with Crippen LogP contribution in [-0.2, 0) is 0 Å². The summed E-state index contributed by atoms with van der Waals surface area (Å²) in [6.07, 6.45) is 26.8. The van der Waals surface area contributed by atoms with Crippen LogP contribution in [0.5, 0.6) is 0 Å². The van der Waals surface area contributed by atoms with Crippen LogP contribution in [-0.4, -0.2) is 0 Å². The molecule has 2 aliphatic carbocycles. The van der Waals surface area contributed by atoms with E-state index in [1.54, 1.807) is 0 Å². The minimum absolute atomic E-state index is 0.368. The van der Waals surface area contributed by atoms with Crippen molar-refractivity contribution in [3.05, 3.63) is 12.2 Å². The Kier molecular flexibility index (Phi) is 10.3. The van der Waals surface area contributed by atoms with E-state index < -0.39 is 0 Å². The topological polar surface area (TPSA) is 23.8 Å². The van der Waals surface area contributed by atoms with Crippen LogP contribution in [0, 0.1) is 35.0 Å². The molecule has 0 aromatic heterocycles. The Labute approximate surface area is 157 Å². The van der Waals surface area contributed by atoms with Crippen molar-refractivity contribution in [3.8, 4) is 6.07 Å². The summed E-state index contributed by atoms with van der Waals surface area (Å²) in [6.45, 7) is 2.28.